The molecule has 3 rings (SSSR count). The largest absolute Gasteiger partial charge is 0.461 e. The van der Waals surface area contributed by atoms with E-state index in [9.17, 15) is 9.18 Å². The van der Waals surface area contributed by atoms with E-state index >= 15 is 0 Å². The third-order valence-corrected chi connectivity index (χ3v) is 3.92. The van der Waals surface area contributed by atoms with E-state index in [2.05, 4.69) is 10.3 Å². The van der Waals surface area contributed by atoms with E-state index in [0.717, 1.165) is 11.4 Å². The Morgan fingerprint density at radius 3 is 2.54 bits per heavy atom. The summed E-state index contributed by atoms with van der Waals surface area (Å²) in [5.74, 6) is -0.175. The van der Waals surface area contributed by atoms with Crippen LogP contribution in [0.15, 0.2) is 54.7 Å². The van der Waals surface area contributed by atoms with Crippen LogP contribution < -0.4 is 5.32 Å². The number of hydrogen-bond donors (Lipinski definition) is 1. The first kappa shape index (κ1) is 17.9. The monoisotopic (exact) mass is 373 g/mol. The van der Waals surface area contributed by atoms with E-state index in [-0.39, 0.29) is 18.1 Å². The molecule has 0 amide bonds. The summed E-state index contributed by atoms with van der Waals surface area (Å²) in [5.41, 5.74) is 1.78. The molecule has 7 heteroatoms. The Morgan fingerprint density at radius 2 is 1.88 bits per heavy atom. The second kappa shape index (κ2) is 8.01. The molecule has 1 N–H and O–H groups in total. The number of ether oxygens (including phenoxy) is 1. The number of esters is 1. The lowest BCUT2D eigenvalue weighted by molar-refractivity contribution is 0.0520. The van der Waals surface area contributed by atoms with Crippen LogP contribution in [0.5, 0.6) is 0 Å². The number of hydrogen-bond acceptors (Lipinski definition) is 4. The third-order valence-electron chi connectivity index (χ3n) is 3.66. The first-order chi connectivity index (χ1) is 12.6. The van der Waals surface area contributed by atoms with E-state index in [1.54, 1.807) is 42.0 Å². The van der Waals surface area contributed by atoms with Crippen molar-refractivity contribution in [3.8, 4) is 5.69 Å². The number of carbonyl (C=O) groups excluding carboxylic acids is 1. The number of rotatable bonds is 6. The molecule has 1 aromatic heterocycles. The van der Waals surface area contributed by atoms with Crippen molar-refractivity contribution >= 4 is 23.3 Å². The number of nitrogens with zero attached hydrogens (tertiary/aromatic N) is 2. The molecule has 0 atom stereocenters. The zero-order valence-electron chi connectivity index (χ0n) is 14.1. The predicted octanol–water partition coefficient (Wildman–Crippen LogP) is 4.45. The summed E-state index contributed by atoms with van der Waals surface area (Å²) in [4.78, 5) is 16.4. The molecule has 0 aliphatic carbocycles. The van der Waals surface area contributed by atoms with Crippen molar-refractivity contribution < 1.29 is 13.9 Å². The lowest BCUT2D eigenvalue weighted by Gasteiger charge is -2.10. The molecule has 0 radical (unpaired) electrons. The van der Waals surface area contributed by atoms with Crippen LogP contribution in [0.3, 0.4) is 0 Å². The van der Waals surface area contributed by atoms with Gasteiger partial charge in [-0.1, -0.05) is 11.6 Å². The lowest BCUT2D eigenvalue weighted by Crippen LogP contribution is -2.07. The summed E-state index contributed by atoms with van der Waals surface area (Å²) in [6, 6.07) is 13.2. The minimum atomic E-state index is -0.483. The molecule has 0 unspecified atom stereocenters. The molecule has 134 valence electrons. The van der Waals surface area contributed by atoms with Gasteiger partial charge in [0, 0.05) is 22.6 Å². The van der Waals surface area contributed by atoms with Gasteiger partial charge in [0.25, 0.3) is 0 Å². The highest BCUT2D eigenvalue weighted by Crippen LogP contribution is 2.18. The Morgan fingerprint density at radius 1 is 1.19 bits per heavy atom. The third kappa shape index (κ3) is 4.21. The Hall–Kier alpha value is -2.86. The highest BCUT2D eigenvalue weighted by Gasteiger charge is 2.16. The molecular weight excluding hydrogens is 357 g/mol. The van der Waals surface area contributed by atoms with Crippen LogP contribution in [0.1, 0.15) is 23.2 Å². The van der Waals surface area contributed by atoms with Gasteiger partial charge in [-0.2, -0.15) is 0 Å². The second-order valence-electron chi connectivity index (χ2n) is 5.47. The fourth-order valence-corrected chi connectivity index (χ4v) is 2.55. The van der Waals surface area contributed by atoms with Crippen LogP contribution in [-0.4, -0.2) is 22.1 Å². The number of benzene rings is 2. The molecule has 0 spiro atoms. The molecule has 3 aromatic rings. The number of imidazole rings is 1. The number of nitrogens with one attached hydrogen (secondary N) is 1. The smallest absolute Gasteiger partial charge is 0.358 e. The summed E-state index contributed by atoms with van der Waals surface area (Å²) < 4.78 is 19.8. The molecule has 2 aromatic carbocycles. The van der Waals surface area contributed by atoms with Crippen molar-refractivity contribution in [1.82, 2.24) is 9.55 Å². The van der Waals surface area contributed by atoms with Gasteiger partial charge in [0.2, 0.25) is 0 Å². The van der Waals surface area contributed by atoms with Gasteiger partial charge in [-0.05, 0) is 55.5 Å². The van der Waals surface area contributed by atoms with E-state index in [1.807, 2.05) is 12.1 Å². The molecule has 0 saturated carbocycles. The Kier molecular flexibility index (Phi) is 5.53. The first-order valence-electron chi connectivity index (χ1n) is 8.07. The highest BCUT2D eigenvalue weighted by molar-refractivity contribution is 6.30. The maximum Gasteiger partial charge on any atom is 0.358 e. The maximum absolute atomic E-state index is 13.0. The predicted molar refractivity (Wildman–Crippen MR) is 98.3 cm³/mol. The van der Waals surface area contributed by atoms with Gasteiger partial charge in [0.1, 0.15) is 11.6 Å². The van der Waals surface area contributed by atoms with Gasteiger partial charge in [-0.3, -0.25) is 0 Å². The topological polar surface area (TPSA) is 56.1 Å². The quantitative estimate of drug-likeness (QED) is 0.648. The fraction of sp³-hybridized carbons (Fsp3) is 0.158. The zero-order valence-corrected chi connectivity index (χ0v) is 14.8. The number of halogens is 2. The Balaban J connectivity index is 1.89. The average Bonchev–Trinajstić information content (AvgIpc) is 3.06. The molecule has 0 aliphatic heterocycles. The summed E-state index contributed by atoms with van der Waals surface area (Å²) in [6.07, 6.45) is 1.63. The van der Waals surface area contributed by atoms with E-state index < -0.39 is 5.97 Å². The summed E-state index contributed by atoms with van der Waals surface area (Å²) >= 11 is 5.95. The van der Waals surface area contributed by atoms with Crippen molar-refractivity contribution in [2.24, 2.45) is 0 Å². The van der Waals surface area contributed by atoms with Gasteiger partial charge < -0.3 is 14.6 Å². The lowest BCUT2D eigenvalue weighted by atomic mass is 10.3. The van der Waals surface area contributed by atoms with Gasteiger partial charge in [0.05, 0.1) is 13.2 Å². The van der Waals surface area contributed by atoms with Crippen LogP contribution in [0.2, 0.25) is 5.02 Å². The van der Waals surface area contributed by atoms with E-state index in [0.29, 0.717) is 17.4 Å². The number of carbonyl (C=O) groups is 1. The van der Waals surface area contributed by atoms with Crippen molar-refractivity contribution in [3.63, 3.8) is 0 Å². The highest BCUT2D eigenvalue weighted by atomic mass is 35.5. The molecular formula is C19H17ClFN3O2. The standard InChI is InChI=1S/C19H17ClFN3O2/c1-2-26-19(25)17-12-24(16-9-3-13(20)4-10-16)18(23-17)11-22-15-7-5-14(21)6-8-15/h3-10,12,22H,2,11H2,1H3. The average molecular weight is 374 g/mol. The number of anilines is 1. The molecule has 0 aliphatic rings. The molecule has 0 bridgehead atoms. The van der Waals surface area contributed by atoms with Crippen molar-refractivity contribution in [2.45, 2.75) is 13.5 Å². The first-order valence-corrected chi connectivity index (χ1v) is 8.45. The van der Waals surface area contributed by atoms with Gasteiger partial charge in [-0.15, -0.1) is 0 Å². The van der Waals surface area contributed by atoms with Crippen molar-refractivity contribution in [3.05, 3.63) is 77.1 Å². The summed E-state index contributed by atoms with van der Waals surface area (Å²) in [7, 11) is 0. The summed E-state index contributed by atoms with van der Waals surface area (Å²) in [6.45, 7) is 2.36. The normalized spacial score (nSPS) is 10.6. The SMILES string of the molecule is CCOC(=O)c1cn(-c2ccc(Cl)cc2)c(CNc2ccc(F)cc2)n1. The Labute approximate surface area is 155 Å². The molecule has 0 fully saturated rings. The van der Waals surface area contributed by atoms with Crippen LogP contribution in [0.25, 0.3) is 5.69 Å². The second-order valence-corrected chi connectivity index (χ2v) is 5.91. The Bertz CT molecular complexity index is 892. The molecule has 5 nitrogen and oxygen atoms in total. The van der Waals surface area contributed by atoms with E-state index in [1.165, 1.54) is 12.1 Å². The zero-order chi connectivity index (χ0) is 18.5. The number of aromatic nitrogens is 2. The van der Waals surface area contributed by atoms with Crippen LogP contribution in [0, 0.1) is 5.82 Å². The summed E-state index contributed by atoms with van der Waals surface area (Å²) in [5, 5.41) is 3.78. The van der Waals surface area contributed by atoms with Crippen LogP contribution >= 0.6 is 11.6 Å². The maximum atomic E-state index is 13.0. The minimum absolute atomic E-state index is 0.220. The minimum Gasteiger partial charge on any atom is -0.461 e. The fourth-order valence-electron chi connectivity index (χ4n) is 2.42. The van der Waals surface area contributed by atoms with Gasteiger partial charge >= 0.3 is 5.97 Å². The molecule has 1 heterocycles. The van der Waals surface area contributed by atoms with Gasteiger partial charge in [0.15, 0.2) is 5.69 Å². The van der Waals surface area contributed by atoms with Crippen molar-refractivity contribution in [1.29, 1.82) is 0 Å². The molecule has 0 saturated heterocycles. The van der Waals surface area contributed by atoms with Crippen molar-refractivity contribution in [2.75, 3.05) is 11.9 Å². The molecule has 26 heavy (non-hydrogen) atoms. The van der Waals surface area contributed by atoms with Crippen LogP contribution in [-0.2, 0) is 11.3 Å². The van der Waals surface area contributed by atoms with Gasteiger partial charge in [-0.25, -0.2) is 14.2 Å². The van der Waals surface area contributed by atoms with E-state index in [4.69, 9.17) is 16.3 Å². The van der Waals surface area contributed by atoms with Crippen LogP contribution in [0.4, 0.5) is 10.1 Å².